The molecule has 0 saturated carbocycles. The number of nitrogens with zero attached hydrogens (tertiary/aromatic N) is 1. The monoisotopic (exact) mass is 396 g/mol. The standard InChI is InChI=1S/C22H24N2O3S/c1-3-25-20-10-22-21(26-14-27-22)9-17(20)12-24-19(8-16-6-7-28-13-16)18-5-4-15(2)11-23-18/h4-7,9-11,13,19,24H,3,8,12,14H2,1-2H3/t19-/m1/s1. The van der Waals surface area contributed by atoms with Gasteiger partial charge in [-0.15, -0.1) is 0 Å². The highest BCUT2D eigenvalue weighted by Crippen LogP contribution is 2.38. The molecule has 6 heteroatoms. The molecule has 3 heterocycles. The molecule has 4 rings (SSSR count). The maximum atomic E-state index is 5.83. The van der Waals surface area contributed by atoms with Gasteiger partial charge in [0.2, 0.25) is 6.79 Å². The summed E-state index contributed by atoms with van der Waals surface area (Å²) >= 11 is 1.72. The number of aromatic nitrogens is 1. The molecule has 2 aromatic heterocycles. The van der Waals surface area contributed by atoms with E-state index in [2.05, 4.69) is 46.2 Å². The molecule has 0 bridgehead atoms. The minimum absolute atomic E-state index is 0.107. The molecule has 3 aromatic rings. The molecule has 1 atom stereocenters. The fourth-order valence-electron chi connectivity index (χ4n) is 3.24. The summed E-state index contributed by atoms with van der Waals surface area (Å²) in [5.74, 6) is 2.33. The minimum atomic E-state index is 0.107. The number of rotatable bonds is 8. The van der Waals surface area contributed by atoms with Gasteiger partial charge in [0, 0.05) is 24.4 Å². The van der Waals surface area contributed by atoms with Gasteiger partial charge < -0.3 is 19.5 Å². The third kappa shape index (κ3) is 4.29. The molecular formula is C22H24N2O3S. The Morgan fingerprint density at radius 3 is 2.79 bits per heavy atom. The van der Waals surface area contributed by atoms with Crippen LogP contribution in [-0.4, -0.2) is 18.4 Å². The molecule has 1 aliphatic rings. The topological polar surface area (TPSA) is 52.6 Å². The van der Waals surface area contributed by atoms with Crippen molar-refractivity contribution in [1.29, 1.82) is 0 Å². The van der Waals surface area contributed by atoms with Crippen LogP contribution in [0.15, 0.2) is 47.3 Å². The fraction of sp³-hybridized carbons (Fsp3) is 0.318. The van der Waals surface area contributed by atoms with Gasteiger partial charge in [-0.05, 0) is 60.4 Å². The number of hydrogen-bond donors (Lipinski definition) is 1. The summed E-state index contributed by atoms with van der Waals surface area (Å²) in [4.78, 5) is 4.65. The van der Waals surface area contributed by atoms with Gasteiger partial charge in [-0.25, -0.2) is 0 Å². The van der Waals surface area contributed by atoms with E-state index in [1.165, 1.54) is 5.56 Å². The van der Waals surface area contributed by atoms with E-state index in [0.29, 0.717) is 13.2 Å². The molecule has 0 fully saturated rings. The van der Waals surface area contributed by atoms with Crippen LogP contribution in [0.2, 0.25) is 0 Å². The van der Waals surface area contributed by atoms with Crippen molar-refractivity contribution in [3.05, 3.63) is 69.7 Å². The van der Waals surface area contributed by atoms with Gasteiger partial charge in [0.15, 0.2) is 11.5 Å². The van der Waals surface area contributed by atoms with Crippen molar-refractivity contribution in [2.24, 2.45) is 0 Å². The molecule has 146 valence electrons. The van der Waals surface area contributed by atoms with E-state index < -0.39 is 0 Å². The molecule has 0 radical (unpaired) electrons. The first-order chi connectivity index (χ1) is 13.7. The zero-order valence-corrected chi connectivity index (χ0v) is 16.9. The maximum Gasteiger partial charge on any atom is 0.231 e. The van der Waals surface area contributed by atoms with Crippen molar-refractivity contribution in [2.75, 3.05) is 13.4 Å². The highest BCUT2D eigenvalue weighted by molar-refractivity contribution is 7.07. The van der Waals surface area contributed by atoms with Crippen molar-refractivity contribution in [3.8, 4) is 17.2 Å². The van der Waals surface area contributed by atoms with Crippen molar-refractivity contribution in [2.45, 2.75) is 32.9 Å². The average Bonchev–Trinajstić information content (AvgIpc) is 3.37. The summed E-state index contributed by atoms with van der Waals surface area (Å²) in [5.41, 5.74) is 4.55. The second-order valence-electron chi connectivity index (χ2n) is 6.78. The molecule has 28 heavy (non-hydrogen) atoms. The maximum absolute atomic E-state index is 5.83. The van der Waals surface area contributed by atoms with Crippen molar-refractivity contribution < 1.29 is 14.2 Å². The number of thiophene rings is 1. The fourth-order valence-corrected chi connectivity index (χ4v) is 3.92. The quantitative estimate of drug-likeness (QED) is 0.600. The normalized spacial score (nSPS) is 13.5. The molecule has 0 unspecified atom stereocenters. The van der Waals surface area contributed by atoms with Crippen LogP contribution < -0.4 is 19.5 Å². The van der Waals surface area contributed by atoms with E-state index in [4.69, 9.17) is 14.2 Å². The lowest BCUT2D eigenvalue weighted by Crippen LogP contribution is -2.24. The van der Waals surface area contributed by atoms with E-state index >= 15 is 0 Å². The van der Waals surface area contributed by atoms with Crippen LogP contribution in [0.5, 0.6) is 17.2 Å². The zero-order valence-electron chi connectivity index (χ0n) is 16.1. The molecule has 0 aliphatic carbocycles. The second kappa shape index (κ2) is 8.63. The molecular weight excluding hydrogens is 372 g/mol. The van der Waals surface area contributed by atoms with Crippen LogP contribution in [0.4, 0.5) is 0 Å². The number of aryl methyl sites for hydroxylation is 1. The van der Waals surface area contributed by atoms with Crippen molar-refractivity contribution in [3.63, 3.8) is 0 Å². The molecule has 0 saturated heterocycles. The van der Waals surface area contributed by atoms with Crippen LogP contribution in [0.25, 0.3) is 0 Å². The highest BCUT2D eigenvalue weighted by Gasteiger charge is 2.20. The van der Waals surface area contributed by atoms with E-state index in [-0.39, 0.29) is 12.8 Å². The number of ether oxygens (including phenoxy) is 3. The Labute approximate surface area is 169 Å². The SMILES string of the molecule is CCOc1cc2c(cc1CN[C@H](Cc1ccsc1)c1ccc(C)cn1)OCO2. The van der Waals surface area contributed by atoms with Crippen LogP contribution in [0.3, 0.4) is 0 Å². The number of hydrogen-bond acceptors (Lipinski definition) is 6. The molecule has 0 amide bonds. The Morgan fingerprint density at radius 1 is 1.21 bits per heavy atom. The third-order valence-electron chi connectivity index (χ3n) is 4.71. The molecule has 1 aromatic carbocycles. The van der Waals surface area contributed by atoms with Gasteiger partial charge in [0.05, 0.1) is 18.3 Å². The second-order valence-corrected chi connectivity index (χ2v) is 7.56. The summed E-state index contributed by atoms with van der Waals surface area (Å²) in [5, 5.41) is 7.97. The first kappa shape index (κ1) is 18.8. The summed E-state index contributed by atoms with van der Waals surface area (Å²) in [6, 6.07) is 10.4. The predicted octanol–water partition coefficient (Wildman–Crippen LogP) is 4.65. The summed E-state index contributed by atoms with van der Waals surface area (Å²) in [7, 11) is 0. The Hall–Kier alpha value is -2.57. The third-order valence-corrected chi connectivity index (χ3v) is 5.44. The molecule has 1 aliphatic heterocycles. The van der Waals surface area contributed by atoms with E-state index in [1.807, 2.05) is 25.3 Å². The van der Waals surface area contributed by atoms with Gasteiger partial charge in [-0.2, -0.15) is 11.3 Å². The Bertz CT molecular complexity index is 910. The van der Waals surface area contributed by atoms with Crippen molar-refractivity contribution in [1.82, 2.24) is 10.3 Å². The highest BCUT2D eigenvalue weighted by atomic mass is 32.1. The summed E-state index contributed by atoms with van der Waals surface area (Å²) in [6.45, 7) is 5.54. The zero-order chi connectivity index (χ0) is 19.3. The van der Waals surface area contributed by atoms with Gasteiger partial charge >= 0.3 is 0 Å². The predicted molar refractivity (Wildman–Crippen MR) is 110 cm³/mol. The van der Waals surface area contributed by atoms with E-state index in [0.717, 1.165) is 40.5 Å². The van der Waals surface area contributed by atoms with Gasteiger partial charge in [-0.1, -0.05) is 6.07 Å². The smallest absolute Gasteiger partial charge is 0.231 e. The van der Waals surface area contributed by atoms with E-state index in [1.54, 1.807) is 11.3 Å². The van der Waals surface area contributed by atoms with Crippen LogP contribution in [-0.2, 0) is 13.0 Å². The first-order valence-corrected chi connectivity index (χ1v) is 10.4. The van der Waals surface area contributed by atoms with Gasteiger partial charge in [-0.3, -0.25) is 4.98 Å². The van der Waals surface area contributed by atoms with Gasteiger partial charge in [0.25, 0.3) is 0 Å². The summed E-state index contributed by atoms with van der Waals surface area (Å²) < 4.78 is 16.9. The van der Waals surface area contributed by atoms with E-state index in [9.17, 15) is 0 Å². The lowest BCUT2D eigenvalue weighted by molar-refractivity contribution is 0.173. The molecule has 1 N–H and O–H groups in total. The summed E-state index contributed by atoms with van der Waals surface area (Å²) in [6.07, 6.45) is 2.80. The van der Waals surface area contributed by atoms with Crippen LogP contribution >= 0.6 is 11.3 Å². The number of benzene rings is 1. The van der Waals surface area contributed by atoms with Crippen LogP contribution in [0.1, 0.15) is 35.3 Å². The molecule has 5 nitrogen and oxygen atoms in total. The van der Waals surface area contributed by atoms with Crippen LogP contribution in [0, 0.1) is 6.92 Å². The first-order valence-electron chi connectivity index (χ1n) is 9.45. The number of pyridine rings is 1. The van der Waals surface area contributed by atoms with Gasteiger partial charge in [0.1, 0.15) is 5.75 Å². The Morgan fingerprint density at radius 2 is 2.07 bits per heavy atom. The largest absolute Gasteiger partial charge is 0.493 e. The molecule has 0 spiro atoms. The lowest BCUT2D eigenvalue weighted by atomic mass is 10.0. The Balaban J connectivity index is 1.56. The number of nitrogens with one attached hydrogen (secondary N) is 1. The average molecular weight is 397 g/mol. The lowest BCUT2D eigenvalue weighted by Gasteiger charge is -2.20. The number of fused-ring (bicyclic) bond motifs is 1. The van der Waals surface area contributed by atoms with Crippen molar-refractivity contribution >= 4 is 11.3 Å². The minimum Gasteiger partial charge on any atom is -0.493 e. The Kier molecular flexibility index (Phi) is 5.78.